The summed E-state index contributed by atoms with van der Waals surface area (Å²) in [6.45, 7) is 1.39. The molecule has 2 aromatic rings. The summed E-state index contributed by atoms with van der Waals surface area (Å²) in [6, 6.07) is 18.2. The number of hydrogen-bond acceptors (Lipinski definition) is 7. The first-order chi connectivity index (χ1) is 16.0. The standard InChI is InChI=1S/C25H24N2O5S/c1-16(28)31-14-8-13-19-15-33-24-20(26)23(29)27(24)21(19)25(30)32-22(17-9-4-2-5-10-17)18-11-6-3-7-12-18/h2-13,20,22,24H,14-15,26H2,1H3/b13-8-/t20?,24-/m0/s1. The van der Waals surface area contributed by atoms with Crippen LogP contribution in [0.15, 0.2) is 84.1 Å². The number of β-lactam (4-membered cyclic amide) rings is 1. The van der Waals surface area contributed by atoms with Gasteiger partial charge in [0.05, 0.1) is 0 Å². The van der Waals surface area contributed by atoms with Crippen LogP contribution in [0.2, 0.25) is 0 Å². The summed E-state index contributed by atoms with van der Waals surface area (Å²) < 4.78 is 11.0. The summed E-state index contributed by atoms with van der Waals surface area (Å²) in [5, 5.41) is -0.308. The number of carbonyl (C=O) groups excluding carboxylic acids is 3. The summed E-state index contributed by atoms with van der Waals surface area (Å²) in [5.41, 5.74) is 8.40. The quantitative estimate of drug-likeness (QED) is 0.497. The highest BCUT2D eigenvalue weighted by Gasteiger charge is 2.52. The molecule has 170 valence electrons. The van der Waals surface area contributed by atoms with Crippen LogP contribution in [0.3, 0.4) is 0 Å². The average Bonchev–Trinajstić information content (AvgIpc) is 2.85. The van der Waals surface area contributed by atoms with Crippen LogP contribution in [0, 0.1) is 0 Å². The van der Waals surface area contributed by atoms with Gasteiger partial charge in [0.2, 0.25) is 5.91 Å². The summed E-state index contributed by atoms with van der Waals surface area (Å²) in [7, 11) is 0. The fourth-order valence-electron chi connectivity index (χ4n) is 3.76. The first-order valence-corrected chi connectivity index (χ1v) is 11.6. The summed E-state index contributed by atoms with van der Waals surface area (Å²) in [6.07, 6.45) is 2.69. The van der Waals surface area contributed by atoms with Gasteiger partial charge in [0.25, 0.3) is 0 Å². The van der Waals surface area contributed by atoms with Gasteiger partial charge in [-0.3, -0.25) is 14.5 Å². The van der Waals surface area contributed by atoms with Crippen LogP contribution in [-0.4, -0.2) is 46.5 Å². The number of nitrogens with two attached hydrogens (primary N) is 1. The third-order valence-electron chi connectivity index (χ3n) is 5.36. The van der Waals surface area contributed by atoms with Crippen molar-refractivity contribution in [3.8, 4) is 0 Å². The minimum Gasteiger partial charge on any atom is -0.462 e. The van der Waals surface area contributed by atoms with Gasteiger partial charge in [-0.1, -0.05) is 66.7 Å². The van der Waals surface area contributed by atoms with Gasteiger partial charge in [-0.05, 0) is 22.8 Å². The molecule has 0 aromatic heterocycles. The molecule has 7 nitrogen and oxygen atoms in total. The number of rotatable bonds is 7. The van der Waals surface area contributed by atoms with Crippen molar-refractivity contribution in [3.63, 3.8) is 0 Å². The van der Waals surface area contributed by atoms with Crippen LogP contribution in [0.25, 0.3) is 0 Å². The van der Waals surface area contributed by atoms with Crippen LogP contribution in [0.4, 0.5) is 0 Å². The fraction of sp³-hybridized carbons (Fsp3) is 0.240. The molecule has 2 heterocycles. The lowest BCUT2D eigenvalue weighted by molar-refractivity contribution is -0.153. The fourth-order valence-corrected chi connectivity index (χ4v) is 5.03. The third kappa shape index (κ3) is 4.86. The molecule has 2 N–H and O–H groups in total. The normalized spacial score (nSPS) is 20.0. The number of nitrogens with zero attached hydrogens (tertiary/aromatic N) is 1. The number of thioether (sulfide) groups is 1. The summed E-state index contributed by atoms with van der Waals surface area (Å²) >= 11 is 1.49. The molecule has 1 unspecified atom stereocenters. The van der Waals surface area contributed by atoms with Crippen molar-refractivity contribution in [1.82, 2.24) is 4.90 Å². The van der Waals surface area contributed by atoms with Gasteiger partial charge < -0.3 is 15.2 Å². The lowest BCUT2D eigenvalue weighted by atomic mass is 10.0. The topological polar surface area (TPSA) is 98.9 Å². The lowest BCUT2D eigenvalue weighted by Gasteiger charge is -2.48. The number of benzene rings is 2. The Morgan fingerprint density at radius 2 is 1.73 bits per heavy atom. The molecule has 0 spiro atoms. The molecule has 2 aliphatic heterocycles. The van der Waals surface area contributed by atoms with E-state index in [1.807, 2.05) is 60.7 Å². The Morgan fingerprint density at radius 3 is 2.30 bits per heavy atom. The first kappa shape index (κ1) is 22.8. The Labute approximate surface area is 196 Å². The lowest BCUT2D eigenvalue weighted by Crippen LogP contribution is -2.68. The molecule has 1 amide bonds. The second kappa shape index (κ2) is 10.1. The van der Waals surface area contributed by atoms with E-state index in [2.05, 4.69) is 0 Å². The van der Waals surface area contributed by atoms with Gasteiger partial charge in [0.15, 0.2) is 6.10 Å². The number of allylic oxidation sites excluding steroid dienone is 1. The van der Waals surface area contributed by atoms with Gasteiger partial charge >= 0.3 is 11.9 Å². The number of ether oxygens (including phenoxy) is 2. The van der Waals surface area contributed by atoms with Crippen molar-refractivity contribution < 1.29 is 23.9 Å². The Hall–Kier alpha value is -3.36. The van der Waals surface area contributed by atoms with Gasteiger partial charge in [0, 0.05) is 12.7 Å². The van der Waals surface area contributed by atoms with E-state index >= 15 is 0 Å². The Kier molecular flexibility index (Phi) is 6.96. The van der Waals surface area contributed by atoms with Gasteiger partial charge in [-0.15, -0.1) is 11.8 Å². The van der Waals surface area contributed by atoms with Crippen LogP contribution < -0.4 is 5.73 Å². The highest BCUT2D eigenvalue weighted by molar-refractivity contribution is 8.00. The minimum absolute atomic E-state index is 0.0688. The predicted octanol–water partition coefficient (Wildman–Crippen LogP) is 2.94. The molecule has 0 bridgehead atoms. The van der Waals surface area contributed by atoms with E-state index < -0.39 is 24.1 Å². The number of fused-ring (bicyclic) bond motifs is 1. The van der Waals surface area contributed by atoms with E-state index in [1.165, 1.54) is 23.6 Å². The number of esters is 2. The maximum absolute atomic E-state index is 13.5. The molecule has 2 aliphatic rings. The maximum atomic E-state index is 13.5. The third-order valence-corrected chi connectivity index (χ3v) is 6.69. The van der Waals surface area contributed by atoms with Gasteiger partial charge in [-0.2, -0.15) is 0 Å². The summed E-state index contributed by atoms with van der Waals surface area (Å²) in [5.74, 6) is -0.847. The maximum Gasteiger partial charge on any atom is 0.356 e. The van der Waals surface area contributed by atoms with Crippen molar-refractivity contribution >= 4 is 29.6 Å². The monoisotopic (exact) mass is 464 g/mol. The van der Waals surface area contributed by atoms with Crippen molar-refractivity contribution in [1.29, 1.82) is 0 Å². The molecule has 1 fully saturated rings. The Morgan fingerprint density at radius 1 is 1.12 bits per heavy atom. The van der Waals surface area contributed by atoms with Crippen molar-refractivity contribution in [2.24, 2.45) is 5.73 Å². The average molecular weight is 465 g/mol. The van der Waals surface area contributed by atoms with Gasteiger partial charge in [0.1, 0.15) is 23.7 Å². The highest BCUT2D eigenvalue weighted by Crippen LogP contribution is 2.41. The zero-order chi connectivity index (χ0) is 23.4. The van der Waals surface area contributed by atoms with E-state index in [0.717, 1.165) is 11.1 Å². The van der Waals surface area contributed by atoms with Crippen LogP contribution in [-0.2, 0) is 23.9 Å². The first-order valence-electron chi connectivity index (χ1n) is 10.5. The molecule has 4 rings (SSSR count). The number of carbonyl (C=O) groups is 3. The van der Waals surface area contributed by atoms with Crippen LogP contribution in [0.1, 0.15) is 24.2 Å². The van der Waals surface area contributed by atoms with Crippen LogP contribution in [0.5, 0.6) is 0 Å². The van der Waals surface area contributed by atoms with E-state index in [-0.39, 0.29) is 23.6 Å². The molecule has 8 heteroatoms. The Bertz CT molecular complexity index is 1060. The van der Waals surface area contributed by atoms with E-state index in [9.17, 15) is 14.4 Å². The summed E-state index contributed by atoms with van der Waals surface area (Å²) in [4.78, 5) is 38.5. The molecule has 0 radical (unpaired) electrons. The van der Waals surface area contributed by atoms with E-state index in [1.54, 1.807) is 12.2 Å². The van der Waals surface area contributed by atoms with E-state index in [0.29, 0.717) is 11.3 Å². The molecular weight excluding hydrogens is 440 g/mol. The van der Waals surface area contributed by atoms with Crippen molar-refractivity contribution in [2.75, 3.05) is 12.4 Å². The molecule has 0 saturated carbocycles. The number of hydrogen-bond donors (Lipinski definition) is 1. The Balaban J connectivity index is 1.66. The highest BCUT2D eigenvalue weighted by atomic mass is 32.2. The second-order valence-corrected chi connectivity index (χ2v) is 8.73. The second-order valence-electron chi connectivity index (χ2n) is 7.62. The number of amides is 1. The van der Waals surface area contributed by atoms with Crippen LogP contribution >= 0.6 is 11.8 Å². The molecular formula is C25H24N2O5S. The smallest absolute Gasteiger partial charge is 0.356 e. The predicted molar refractivity (Wildman–Crippen MR) is 125 cm³/mol. The molecule has 2 atom stereocenters. The molecule has 33 heavy (non-hydrogen) atoms. The van der Waals surface area contributed by atoms with Gasteiger partial charge in [-0.25, -0.2) is 4.79 Å². The van der Waals surface area contributed by atoms with E-state index in [4.69, 9.17) is 15.2 Å². The largest absolute Gasteiger partial charge is 0.462 e. The molecule has 1 saturated heterocycles. The van der Waals surface area contributed by atoms with Crippen molar-refractivity contribution in [3.05, 3.63) is 95.2 Å². The zero-order valence-corrected chi connectivity index (χ0v) is 18.9. The van der Waals surface area contributed by atoms with Crippen molar-refractivity contribution in [2.45, 2.75) is 24.4 Å². The zero-order valence-electron chi connectivity index (χ0n) is 18.0. The minimum atomic E-state index is -0.650. The molecule has 0 aliphatic carbocycles. The SMILES string of the molecule is CC(=O)OC/C=C\C1=C(C(=O)OC(c2ccccc2)c2ccccc2)N2C(=O)C(N)[C@@H]2SC1. The molecule has 2 aromatic carbocycles.